The number of piperidine rings is 1. The minimum atomic E-state index is -0.185. The maximum Gasteiger partial charge on any atom is 0.270 e. The van der Waals surface area contributed by atoms with Crippen LogP contribution in [0.25, 0.3) is 0 Å². The average molecular weight is 532 g/mol. The van der Waals surface area contributed by atoms with Gasteiger partial charge in [-0.05, 0) is 44.7 Å². The number of thiazole rings is 1. The number of nitrogens with one attached hydrogen (secondary N) is 2. The zero-order valence-corrected chi connectivity index (χ0v) is 22.5. The smallest absolute Gasteiger partial charge is 0.270 e. The molecule has 0 bridgehead atoms. The molecule has 2 fully saturated rings. The quantitative estimate of drug-likeness (QED) is 0.416. The standard InChI is InChI=1S/C28H33N7O2S/c1-20-16-24(33-25(31-20)21-6-5-12-35(17-21)13-11-29)34-27-32-23(18-38-27)26(36)30-19-28(9-14-37-15-10-28)22-7-3-2-4-8-22/h2-4,7-8,16,18,21H,5-6,9-10,12-15,17,19H2,1H3,(H,30,36)(H,31,32,33,34)/t21-/m0/s1. The van der Waals surface area contributed by atoms with Crippen molar-refractivity contribution in [3.05, 3.63) is 64.6 Å². The molecule has 1 amide bonds. The molecule has 198 valence electrons. The van der Waals surface area contributed by atoms with Gasteiger partial charge >= 0.3 is 0 Å². The normalized spacial score (nSPS) is 19.4. The second-order valence-corrected chi connectivity index (χ2v) is 10.9. The summed E-state index contributed by atoms with van der Waals surface area (Å²) in [6.45, 7) is 6.02. The maximum atomic E-state index is 13.0. The minimum absolute atomic E-state index is 0.136. The molecular formula is C28H33N7O2S. The third kappa shape index (κ3) is 6.18. The summed E-state index contributed by atoms with van der Waals surface area (Å²) in [7, 11) is 0. The van der Waals surface area contributed by atoms with Crippen LogP contribution in [0.4, 0.5) is 10.9 Å². The van der Waals surface area contributed by atoms with Gasteiger partial charge in [0.1, 0.15) is 17.3 Å². The lowest BCUT2D eigenvalue weighted by molar-refractivity contribution is 0.0487. The van der Waals surface area contributed by atoms with Gasteiger partial charge in [-0.15, -0.1) is 11.3 Å². The van der Waals surface area contributed by atoms with Crippen LogP contribution in [0, 0.1) is 18.3 Å². The summed E-state index contributed by atoms with van der Waals surface area (Å²) in [6, 6.07) is 14.5. The molecule has 9 nitrogen and oxygen atoms in total. The lowest BCUT2D eigenvalue weighted by Crippen LogP contribution is -2.44. The number of amides is 1. The Hall–Kier alpha value is -3.39. The molecule has 3 aromatic rings. The van der Waals surface area contributed by atoms with Crippen LogP contribution in [-0.4, -0.2) is 65.2 Å². The van der Waals surface area contributed by atoms with Gasteiger partial charge in [0.05, 0.1) is 12.6 Å². The van der Waals surface area contributed by atoms with E-state index in [1.807, 2.05) is 31.2 Å². The molecule has 0 aliphatic carbocycles. The van der Waals surface area contributed by atoms with Crippen LogP contribution >= 0.6 is 11.3 Å². The summed E-state index contributed by atoms with van der Waals surface area (Å²) < 4.78 is 5.61. The number of nitrogens with zero attached hydrogens (tertiary/aromatic N) is 5. The molecule has 1 atom stereocenters. The van der Waals surface area contributed by atoms with E-state index in [9.17, 15) is 4.79 Å². The third-order valence-electron chi connectivity index (χ3n) is 7.43. The number of hydrogen-bond donors (Lipinski definition) is 2. The number of likely N-dealkylation sites (tertiary alicyclic amines) is 1. The Bertz CT molecular complexity index is 1280. The Balaban J connectivity index is 1.24. The number of aryl methyl sites for hydroxylation is 1. The van der Waals surface area contributed by atoms with Crippen molar-refractivity contribution in [3.63, 3.8) is 0 Å². The van der Waals surface area contributed by atoms with Gasteiger partial charge in [0.15, 0.2) is 5.13 Å². The highest BCUT2D eigenvalue weighted by atomic mass is 32.1. The highest BCUT2D eigenvalue weighted by Gasteiger charge is 2.35. The van der Waals surface area contributed by atoms with Crippen LogP contribution in [0.2, 0.25) is 0 Å². The van der Waals surface area contributed by atoms with E-state index in [1.165, 1.54) is 16.9 Å². The monoisotopic (exact) mass is 531 g/mol. The van der Waals surface area contributed by atoms with Crippen molar-refractivity contribution in [1.82, 2.24) is 25.2 Å². The summed E-state index contributed by atoms with van der Waals surface area (Å²) in [6.07, 6.45) is 3.76. The molecule has 0 radical (unpaired) electrons. The van der Waals surface area contributed by atoms with Gasteiger partial charge in [0, 0.05) is 54.8 Å². The van der Waals surface area contributed by atoms with Gasteiger partial charge in [-0.1, -0.05) is 30.3 Å². The fraction of sp³-hybridized carbons (Fsp3) is 0.464. The Morgan fingerprint density at radius 2 is 2.05 bits per heavy atom. The minimum Gasteiger partial charge on any atom is -0.381 e. The molecule has 2 saturated heterocycles. The molecule has 0 spiro atoms. The fourth-order valence-corrected chi connectivity index (χ4v) is 6.05. The number of ether oxygens (including phenoxy) is 1. The molecule has 0 saturated carbocycles. The van der Waals surface area contributed by atoms with Crippen molar-refractivity contribution in [1.29, 1.82) is 5.26 Å². The van der Waals surface area contributed by atoms with Crippen LogP contribution in [0.5, 0.6) is 0 Å². The first kappa shape index (κ1) is 26.2. The molecule has 38 heavy (non-hydrogen) atoms. The fourth-order valence-electron chi connectivity index (χ4n) is 5.35. The van der Waals surface area contributed by atoms with E-state index < -0.39 is 0 Å². The third-order valence-corrected chi connectivity index (χ3v) is 8.19. The second kappa shape index (κ2) is 12.0. The number of carbonyl (C=O) groups excluding carboxylic acids is 1. The van der Waals surface area contributed by atoms with Gasteiger partial charge in [-0.3, -0.25) is 9.69 Å². The van der Waals surface area contributed by atoms with Crippen LogP contribution in [0.1, 0.15) is 59.2 Å². The lowest BCUT2D eigenvalue weighted by atomic mass is 9.74. The van der Waals surface area contributed by atoms with Crippen molar-refractivity contribution < 1.29 is 9.53 Å². The van der Waals surface area contributed by atoms with Crippen LogP contribution in [0.15, 0.2) is 41.8 Å². The number of aromatic nitrogens is 3. The van der Waals surface area contributed by atoms with Gasteiger partial charge in [0.2, 0.25) is 0 Å². The van der Waals surface area contributed by atoms with E-state index >= 15 is 0 Å². The Morgan fingerprint density at radius 1 is 1.24 bits per heavy atom. The van der Waals surface area contributed by atoms with E-state index in [2.05, 4.69) is 43.7 Å². The predicted molar refractivity (Wildman–Crippen MR) is 147 cm³/mol. The van der Waals surface area contributed by atoms with Crippen LogP contribution in [-0.2, 0) is 10.2 Å². The average Bonchev–Trinajstić information content (AvgIpc) is 3.41. The van der Waals surface area contributed by atoms with Crippen molar-refractivity contribution in [2.45, 2.75) is 43.9 Å². The molecule has 10 heteroatoms. The first-order valence-corrected chi connectivity index (χ1v) is 14.0. The molecule has 5 rings (SSSR count). The molecule has 2 aliphatic heterocycles. The first-order valence-electron chi connectivity index (χ1n) is 13.1. The molecule has 4 heterocycles. The number of hydrogen-bond acceptors (Lipinski definition) is 9. The van der Waals surface area contributed by atoms with Gasteiger partial charge in [-0.2, -0.15) is 5.26 Å². The van der Waals surface area contributed by atoms with Crippen molar-refractivity contribution in [3.8, 4) is 6.07 Å². The van der Waals surface area contributed by atoms with Crippen molar-refractivity contribution in [2.24, 2.45) is 0 Å². The lowest BCUT2D eigenvalue weighted by Gasteiger charge is -2.37. The highest BCUT2D eigenvalue weighted by molar-refractivity contribution is 7.14. The molecule has 2 aromatic heterocycles. The van der Waals surface area contributed by atoms with Crippen LogP contribution in [0.3, 0.4) is 0 Å². The van der Waals surface area contributed by atoms with Crippen LogP contribution < -0.4 is 10.6 Å². The molecule has 2 N–H and O–H groups in total. The van der Waals surface area contributed by atoms with E-state index in [0.717, 1.165) is 50.3 Å². The molecule has 1 aromatic carbocycles. The number of nitriles is 1. The summed E-state index contributed by atoms with van der Waals surface area (Å²) in [4.78, 5) is 29.2. The van der Waals surface area contributed by atoms with E-state index in [1.54, 1.807) is 5.38 Å². The highest BCUT2D eigenvalue weighted by Crippen LogP contribution is 2.34. The zero-order chi connectivity index (χ0) is 26.4. The van der Waals surface area contributed by atoms with Gasteiger partial charge in [0.25, 0.3) is 5.91 Å². The van der Waals surface area contributed by atoms with Gasteiger partial charge < -0.3 is 15.4 Å². The Morgan fingerprint density at radius 3 is 2.84 bits per heavy atom. The summed E-state index contributed by atoms with van der Waals surface area (Å²) in [5, 5.41) is 17.8. The van der Waals surface area contributed by atoms with E-state index in [-0.39, 0.29) is 17.2 Å². The number of carbonyl (C=O) groups is 1. The van der Waals surface area contributed by atoms with E-state index in [0.29, 0.717) is 42.9 Å². The Labute approximate surface area is 227 Å². The van der Waals surface area contributed by atoms with E-state index in [4.69, 9.17) is 15.0 Å². The topological polar surface area (TPSA) is 116 Å². The number of rotatable bonds is 8. The van der Waals surface area contributed by atoms with Crippen molar-refractivity contribution in [2.75, 3.05) is 44.7 Å². The molecular weight excluding hydrogens is 498 g/mol. The molecule has 2 aliphatic rings. The predicted octanol–water partition coefficient (Wildman–Crippen LogP) is 4.17. The van der Waals surface area contributed by atoms with Crippen molar-refractivity contribution >= 4 is 28.2 Å². The van der Waals surface area contributed by atoms with Gasteiger partial charge in [-0.25, -0.2) is 15.0 Å². The largest absolute Gasteiger partial charge is 0.381 e. The second-order valence-electron chi connectivity index (χ2n) is 10.1. The Kier molecular flexibility index (Phi) is 8.27. The number of benzene rings is 1. The summed E-state index contributed by atoms with van der Waals surface area (Å²) >= 11 is 1.38. The zero-order valence-electron chi connectivity index (χ0n) is 21.7. The summed E-state index contributed by atoms with van der Waals surface area (Å²) in [5.41, 5.74) is 2.35. The first-order chi connectivity index (χ1) is 18.5. The maximum absolute atomic E-state index is 13.0. The molecule has 0 unspecified atom stereocenters. The summed E-state index contributed by atoms with van der Waals surface area (Å²) in [5.74, 6) is 1.46. The SMILES string of the molecule is Cc1cc(Nc2nc(C(=O)NCC3(c4ccccc4)CCOCC3)cs2)nc([C@H]2CCCN(CC#N)C2)n1. The number of anilines is 2.